The van der Waals surface area contributed by atoms with Gasteiger partial charge in [-0.05, 0) is 22.8 Å². The predicted molar refractivity (Wildman–Crippen MR) is 120 cm³/mol. The second kappa shape index (κ2) is 10.6. The van der Waals surface area contributed by atoms with Gasteiger partial charge in [0.1, 0.15) is 6.04 Å². The molecule has 0 unspecified atom stereocenters. The highest BCUT2D eigenvalue weighted by atomic mass is 35.5. The van der Waals surface area contributed by atoms with Crippen LogP contribution in [-0.2, 0) is 29.0 Å². The molecule has 0 spiro atoms. The van der Waals surface area contributed by atoms with Gasteiger partial charge in [-0.25, -0.2) is 0 Å². The predicted octanol–water partition coefficient (Wildman–Crippen LogP) is 4.27. The van der Waals surface area contributed by atoms with Gasteiger partial charge < -0.3 is 10.2 Å². The minimum Gasteiger partial charge on any atom is -0.357 e. The second-order valence-electron chi connectivity index (χ2n) is 7.10. The average molecular weight is 421 g/mol. The Hall–Kier alpha value is -3.11. The van der Waals surface area contributed by atoms with Crippen LogP contribution in [0.2, 0.25) is 5.02 Å². The monoisotopic (exact) mass is 420 g/mol. The molecule has 1 N–H and O–H groups in total. The summed E-state index contributed by atoms with van der Waals surface area (Å²) in [5.41, 5.74) is 2.70. The molecule has 0 radical (unpaired) electrons. The number of carbonyl (C=O) groups excluding carboxylic acids is 2. The molecular weight excluding hydrogens is 396 g/mol. The molecule has 0 saturated heterocycles. The maximum Gasteiger partial charge on any atom is 0.242 e. The highest BCUT2D eigenvalue weighted by molar-refractivity contribution is 6.31. The molecule has 0 aliphatic heterocycles. The summed E-state index contributed by atoms with van der Waals surface area (Å²) in [7, 11) is 1.59. The number of rotatable bonds is 8. The van der Waals surface area contributed by atoms with Crippen molar-refractivity contribution >= 4 is 23.4 Å². The molecule has 0 aromatic heterocycles. The molecule has 5 heteroatoms. The number of amides is 2. The van der Waals surface area contributed by atoms with Gasteiger partial charge in [0.15, 0.2) is 0 Å². The van der Waals surface area contributed by atoms with E-state index in [1.165, 1.54) is 0 Å². The van der Waals surface area contributed by atoms with Crippen molar-refractivity contribution in [2.45, 2.75) is 25.4 Å². The molecular formula is C25H25ClN2O2. The quantitative estimate of drug-likeness (QED) is 0.591. The standard InChI is InChI=1S/C25H25ClN2O2/c1-27-25(30)23(16-19-10-4-2-5-11-19)28(18-21-14-8-9-15-22(21)26)24(29)17-20-12-6-3-7-13-20/h2-15,23H,16-18H2,1H3,(H,27,30)/t23-/m0/s1. The summed E-state index contributed by atoms with van der Waals surface area (Å²) in [6.45, 7) is 0.260. The third kappa shape index (κ3) is 5.71. The zero-order chi connectivity index (χ0) is 21.3. The molecule has 3 aromatic carbocycles. The minimum atomic E-state index is -0.648. The Morgan fingerprint density at radius 3 is 2.03 bits per heavy atom. The molecule has 0 aliphatic rings. The van der Waals surface area contributed by atoms with Crippen LogP contribution in [0.25, 0.3) is 0 Å². The van der Waals surface area contributed by atoms with Gasteiger partial charge in [0.2, 0.25) is 11.8 Å². The Bertz CT molecular complexity index is 977. The number of hydrogen-bond donors (Lipinski definition) is 1. The molecule has 4 nitrogen and oxygen atoms in total. The van der Waals surface area contributed by atoms with Gasteiger partial charge in [0.25, 0.3) is 0 Å². The van der Waals surface area contributed by atoms with Crippen LogP contribution in [0.4, 0.5) is 0 Å². The van der Waals surface area contributed by atoms with Crippen molar-refractivity contribution in [3.63, 3.8) is 0 Å². The molecule has 2 amide bonds. The fraction of sp³-hybridized carbons (Fsp3) is 0.200. The Balaban J connectivity index is 1.94. The lowest BCUT2D eigenvalue weighted by Crippen LogP contribution is -2.50. The van der Waals surface area contributed by atoms with Gasteiger partial charge in [-0.3, -0.25) is 9.59 Å². The van der Waals surface area contributed by atoms with Gasteiger partial charge in [0, 0.05) is 25.0 Å². The van der Waals surface area contributed by atoms with E-state index in [0.717, 1.165) is 16.7 Å². The second-order valence-corrected chi connectivity index (χ2v) is 7.50. The summed E-state index contributed by atoms with van der Waals surface area (Å²) in [4.78, 5) is 27.9. The maximum absolute atomic E-state index is 13.4. The van der Waals surface area contributed by atoms with Crippen LogP contribution >= 0.6 is 11.6 Å². The van der Waals surface area contributed by atoms with Gasteiger partial charge in [-0.1, -0.05) is 90.5 Å². The van der Waals surface area contributed by atoms with Gasteiger partial charge >= 0.3 is 0 Å². The lowest BCUT2D eigenvalue weighted by molar-refractivity contribution is -0.140. The third-order valence-electron chi connectivity index (χ3n) is 5.01. The van der Waals surface area contributed by atoms with Crippen LogP contribution in [-0.4, -0.2) is 29.8 Å². The molecule has 154 valence electrons. The third-order valence-corrected chi connectivity index (χ3v) is 5.38. The van der Waals surface area contributed by atoms with E-state index in [1.807, 2.05) is 78.9 Å². The minimum absolute atomic E-state index is 0.120. The first-order chi connectivity index (χ1) is 14.6. The van der Waals surface area contributed by atoms with Crippen molar-refractivity contribution in [1.82, 2.24) is 10.2 Å². The van der Waals surface area contributed by atoms with Crippen LogP contribution in [0.1, 0.15) is 16.7 Å². The van der Waals surface area contributed by atoms with Crippen LogP contribution in [0.3, 0.4) is 0 Å². The number of nitrogens with one attached hydrogen (secondary N) is 1. The highest BCUT2D eigenvalue weighted by Gasteiger charge is 2.30. The summed E-state index contributed by atoms with van der Waals surface area (Å²) >= 11 is 6.37. The number of nitrogens with zero attached hydrogens (tertiary/aromatic N) is 1. The van der Waals surface area contributed by atoms with Crippen LogP contribution < -0.4 is 5.32 Å². The lowest BCUT2D eigenvalue weighted by Gasteiger charge is -2.31. The first kappa shape index (κ1) is 21.6. The normalized spacial score (nSPS) is 11.5. The summed E-state index contributed by atoms with van der Waals surface area (Å²) < 4.78 is 0. The molecule has 0 heterocycles. The van der Waals surface area contributed by atoms with E-state index in [1.54, 1.807) is 18.0 Å². The number of benzene rings is 3. The van der Waals surface area contributed by atoms with Gasteiger partial charge in [-0.2, -0.15) is 0 Å². The van der Waals surface area contributed by atoms with E-state index in [-0.39, 0.29) is 24.8 Å². The molecule has 0 aliphatic carbocycles. The fourth-order valence-electron chi connectivity index (χ4n) is 3.40. The summed E-state index contributed by atoms with van der Waals surface area (Å²) in [6, 6.07) is 26.0. The Morgan fingerprint density at radius 1 is 0.867 bits per heavy atom. The molecule has 0 fully saturated rings. The van der Waals surface area contributed by atoms with Gasteiger partial charge in [0.05, 0.1) is 6.42 Å². The van der Waals surface area contributed by atoms with Gasteiger partial charge in [-0.15, -0.1) is 0 Å². The van der Waals surface area contributed by atoms with E-state index in [4.69, 9.17) is 11.6 Å². The van der Waals surface area contributed by atoms with Crippen molar-refractivity contribution in [1.29, 1.82) is 0 Å². The van der Waals surface area contributed by atoms with Crippen molar-refractivity contribution < 1.29 is 9.59 Å². The van der Waals surface area contributed by atoms with E-state index in [2.05, 4.69) is 5.32 Å². The first-order valence-electron chi connectivity index (χ1n) is 9.91. The van der Waals surface area contributed by atoms with Crippen molar-refractivity contribution in [2.75, 3.05) is 7.05 Å². The Kier molecular flexibility index (Phi) is 7.63. The van der Waals surface area contributed by atoms with Crippen molar-refractivity contribution in [3.8, 4) is 0 Å². The number of halogens is 1. The largest absolute Gasteiger partial charge is 0.357 e. The van der Waals surface area contributed by atoms with Crippen molar-refractivity contribution in [3.05, 3.63) is 107 Å². The van der Waals surface area contributed by atoms with E-state index < -0.39 is 6.04 Å². The molecule has 0 saturated carbocycles. The number of likely N-dealkylation sites (N-methyl/N-ethyl adjacent to an activating group) is 1. The zero-order valence-corrected chi connectivity index (χ0v) is 17.7. The molecule has 3 aromatic rings. The molecule has 0 bridgehead atoms. The zero-order valence-electron chi connectivity index (χ0n) is 16.9. The van der Waals surface area contributed by atoms with Crippen LogP contribution in [0.5, 0.6) is 0 Å². The smallest absolute Gasteiger partial charge is 0.242 e. The Labute approximate surface area is 182 Å². The lowest BCUT2D eigenvalue weighted by atomic mass is 10.0. The Morgan fingerprint density at radius 2 is 1.43 bits per heavy atom. The fourth-order valence-corrected chi connectivity index (χ4v) is 3.60. The summed E-state index contributed by atoms with van der Waals surface area (Å²) in [5.74, 6) is -0.321. The maximum atomic E-state index is 13.4. The highest BCUT2D eigenvalue weighted by Crippen LogP contribution is 2.21. The van der Waals surface area contributed by atoms with E-state index in [9.17, 15) is 9.59 Å². The van der Waals surface area contributed by atoms with Crippen LogP contribution in [0, 0.1) is 0 Å². The number of carbonyl (C=O) groups is 2. The summed E-state index contributed by atoms with van der Waals surface area (Å²) in [5, 5.41) is 3.29. The topological polar surface area (TPSA) is 49.4 Å². The average Bonchev–Trinajstić information content (AvgIpc) is 2.78. The van der Waals surface area contributed by atoms with Crippen LogP contribution in [0.15, 0.2) is 84.9 Å². The molecule has 1 atom stereocenters. The van der Waals surface area contributed by atoms with E-state index in [0.29, 0.717) is 11.4 Å². The number of hydrogen-bond acceptors (Lipinski definition) is 2. The molecule has 30 heavy (non-hydrogen) atoms. The van der Waals surface area contributed by atoms with E-state index >= 15 is 0 Å². The SMILES string of the molecule is CNC(=O)[C@H](Cc1ccccc1)N(Cc1ccccc1Cl)C(=O)Cc1ccccc1. The summed E-state index contributed by atoms with van der Waals surface area (Å²) in [6.07, 6.45) is 0.638. The first-order valence-corrected chi connectivity index (χ1v) is 10.3. The molecule has 3 rings (SSSR count). The van der Waals surface area contributed by atoms with Crippen molar-refractivity contribution in [2.24, 2.45) is 0 Å².